The third kappa shape index (κ3) is 2.69. The molecule has 2 N–H and O–H groups in total. The minimum atomic E-state index is -0.587. The molecule has 8 nitrogen and oxygen atoms in total. The second kappa shape index (κ2) is 5.41. The second-order valence-electron chi connectivity index (χ2n) is 5.04. The van der Waals surface area contributed by atoms with E-state index in [9.17, 15) is 14.9 Å². The Balaban J connectivity index is 2.21. The number of hydrogen-bond acceptors (Lipinski definition) is 6. The Morgan fingerprint density at radius 3 is 2.85 bits per heavy atom. The van der Waals surface area contributed by atoms with E-state index < -0.39 is 4.92 Å². The summed E-state index contributed by atoms with van der Waals surface area (Å²) >= 11 is 0. The molecule has 1 aliphatic heterocycles. The van der Waals surface area contributed by atoms with Gasteiger partial charge in [0, 0.05) is 25.2 Å². The predicted molar refractivity (Wildman–Crippen MR) is 73.3 cm³/mol. The predicted octanol–water partition coefficient (Wildman–Crippen LogP) is 0.348. The van der Waals surface area contributed by atoms with Crippen molar-refractivity contribution < 1.29 is 9.72 Å². The lowest BCUT2D eigenvalue weighted by atomic mass is 10.2. The van der Waals surface area contributed by atoms with Gasteiger partial charge in [0.15, 0.2) is 0 Å². The number of aromatic nitrogens is 1. The minimum absolute atomic E-state index is 0.0221. The molecule has 1 aliphatic rings. The summed E-state index contributed by atoms with van der Waals surface area (Å²) in [5.74, 6) is -0.281. The summed E-state index contributed by atoms with van der Waals surface area (Å²) in [5, 5.41) is 10.7. The molecule has 108 valence electrons. The summed E-state index contributed by atoms with van der Waals surface area (Å²) < 4.78 is 0. The molecule has 0 spiro atoms. The zero-order valence-electron chi connectivity index (χ0n) is 11.4. The molecule has 1 atom stereocenters. The van der Waals surface area contributed by atoms with E-state index in [1.807, 2.05) is 14.1 Å². The van der Waals surface area contributed by atoms with Crippen molar-refractivity contribution in [3.05, 3.63) is 27.9 Å². The van der Waals surface area contributed by atoms with Gasteiger partial charge in [-0.25, -0.2) is 4.98 Å². The molecule has 0 aromatic carbocycles. The van der Waals surface area contributed by atoms with Crippen LogP contribution in [-0.4, -0.2) is 58.8 Å². The number of carbonyl (C=O) groups is 1. The Kier molecular flexibility index (Phi) is 3.84. The van der Waals surface area contributed by atoms with Gasteiger partial charge in [0.05, 0.1) is 10.5 Å². The van der Waals surface area contributed by atoms with Crippen molar-refractivity contribution >= 4 is 17.4 Å². The Labute approximate surface area is 116 Å². The fraction of sp³-hybridized carbons (Fsp3) is 0.500. The van der Waals surface area contributed by atoms with Crippen LogP contribution in [-0.2, 0) is 0 Å². The van der Waals surface area contributed by atoms with E-state index in [-0.39, 0.29) is 23.0 Å². The Morgan fingerprint density at radius 2 is 2.30 bits per heavy atom. The molecule has 8 heteroatoms. The molecular formula is C12H17N5O3. The van der Waals surface area contributed by atoms with Crippen molar-refractivity contribution in [2.45, 2.75) is 12.5 Å². The Morgan fingerprint density at radius 1 is 1.60 bits per heavy atom. The van der Waals surface area contributed by atoms with Crippen LogP contribution in [0.2, 0.25) is 0 Å². The van der Waals surface area contributed by atoms with Crippen LogP contribution in [0.4, 0.5) is 11.5 Å². The number of pyridine rings is 1. The van der Waals surface area contributed by atoms with E-state index in [0.29, 0.717) is 19.1 Å². The van der Waals surface area contributed by atoms with Gasteiger partial charge in [-0.2, -0.15) is 0 Å². The number of nitro groups is 1. The van der Waals surface area contributed by atoms with E-state index in [1.165, 1.54) is 6.07 Å². The Hall–Kier alpha value is -2.22. The molecule has 1 amide bonds. The topological polar surface area (TPSA) is 106 Å². The number of carbonyl (C=O) groups excluding carboxylic acids is 1. The summed E-state index contributed by atoms with van der Waals surface area (Å²) in [6.07, 6.45) is 1.93. The number of anilines is 1. The highest BCUT2D eigenvalue weighted by Crippen LogP contribution is 2.21. The van der Waals surface area contributed by atoms with E-state index in [0.717, 1.165) is 12.6 Å². The van der Waals surface area contributed by atoms with Crippen LogP contribution >= 0.6 is 0 Å². The van der Waals surface area contributed by atoms with Crippen molar-refractivity contribution in [3.8, 4) is 0 Å². The second-order valence-corrected chi connectivity index (χ2v) is 5.04. The van der Waals surface area contributed by atoms with E-state index in [4.69, 9.17) is 5.73 Å². The average molecular weight is 279 g/mol. The average Bonchev–Trinajstić information content (AvgIpc) is 2.88. The summed E-state index contributed by atoms with van der Waals surface area (Å²) in [7, 11) is 3.92. The highest BCUT2D eigenvalue weighted by molar-refractivity contribution is 5.99. The van der Waals surface area contributed by atoms with Gasteiger partial charge in [-0.1, -0.05) is 0 Å². The quantitative estimate of drug-likeness (QED) is 0.632. The van der Waals surface area contributed by atoms with Gasteiger partial charge in [0.2, 0.25) is 0 Å². The molecule has 20 heavy (non-hydrogen) atoms. The van der Waals surface area contributed by atoms with Gasteiger partial charge in [0.1, 0.15) is 12.0 Å². The zero-order valence-corrected chi connectivity index (χ0v) is 11.4. The third-order valence-electron chi connectivity index (χ3n) is 3.53. The minimum Gasteiger partial charge on any atom is -0.383 e. The molecule has 0 radical (unpaired) electrons. The standard InChI is InChI=1S/C12H17N5O3/c1-15(2)8-3-4-16(7-8)12(18)10-5-9(17(19)20)6-14-11(10)13/h5-6,8H,3-4,7H2,1-2H3,(H2,13,14). The van der Waals surface area contributed by atoms with Gasteiger partial charge >= 0.3 is 0 Å². The zero-order chi connectivity index (χ0) is 14.9. The van der Waals surface area contributed by atoms with Gasteiger partial charge in [-0.05, 0) is 20.5 Å². The third-order valence-corrected chi connectivity index (χ3v) is 3.53. The largest absolute Gasteiger partial charge is 0.383 e. The van der Waals surface area contributed by atoms with Crippen molar-refractivity contribution in [1.29, 1.82) is 0 Å². The fourth-order valence-electron chi connectivity index (χ4n) is 2.25. The fourth-order valence-corrected chi connectivity index (χ4v) is 2.25. The summed E-state index contributed by atoms with van der Waals surface area (Å²) in [4.78, 5) is 30.0. The molecular weight excluding hydrogens is 262 g/mol. The van der Waals surface area contributed by atoms with E-state index in [1.54, 1.807) is 4.90 Å². The maximum absolute atomic E-state index is 12.4. The van der Waals surface area contributed by atoms with Crippen molar-refractivity contribution in [2.24, 2.45) is 0 Å². The first kappa shape index (κ1) is 14.2. The lowest BCUT2D eigenvalue weighted by molar-refractivity contribution is -0.385. The molecule has 1 unspecified atom stereocenters. The van der Waals surface area contributed by atoms with Crippen LogP contribution in [0.3, 0.4) is 0 Å². The van der Waals surface area contributed by atoms with Gasteiger partial charge in [-0.3, -0.25) is 14.9 Å². The smallest absolute Gasteiger partial charge is 0.288 e. The highest BCUT2D eigenvalue weighted by Gasteiger charge is 2.30. The van der Waals surface area contributed by atoms with Crippen molar-refractivity contribution in [3.63, 3.8) is 0 Å². The van der Waals surface area contributed by atoms with Crippen LogP contribution in [0.25, 0.3) is 0 Å². The highest BCUT2D eigenvalue weighted by atomic mass is 16.6. The molecule has 2 heterocycles. The SMILES string of the molecule is CN(C)C1CCN(C(=O)c2cc([N+](=O)[O-])cnc2N)C1. The van der Waals surface area contributed by atoms with Gasteiger partial charge in [0.25, 0.3) is 11.6 Å². The summed E-state index contributed by atoms with van der Waals surface area (Å²) in [6.45, 7) is 1.21. The van der Waals surface area contributed by atoms with Crippen molar-refractivity contribution in [1.82, 2.24) is 14.8 Å². The molecule has 0 aliphatic carbocycles. The van der Waals surface area contributed by atoms with Crippen molar-refractivity contribution in [2.75, 3.05) is 32.9 Å². The number of hydrogen-bond donors (Lipinski definition) is 1. The molecule has 0 bridgehead atoms. The molecule has 1 saturated heterocycles. The molecule has 1 aromatic heterocycles. The van der Waals surface area contributed by atoms with Gasteiger partial charge in [-0.15, -0.1) is 0 Å². The number of rotatable bonds is 3. The monoisotopic (exact) mass is 279 g/mol. The summed E-state index contributed by atoms with van der Waals surface area (Å²) in [5.41, 5.74) is 5.53. The first-order valence-corrected chi connectivity index (χ1v) is 6.25. The number of likely N-dealkylation sites (tertiary alicyclic amines) is 1. The van der Waals surface area contributed by atoms with E-state index >= 15 is 0 Å². The summed E-state index contributed by atoms with van der Waals surface area (Å²) in [6, 6.07) is 1.49. The van der Waals surface area contributed by atoms with Crippen LogP contribution in [0.5, 0.6) is 0 Å². The van der Waals surface area contributed by atoms with Crippen LogP contribution in [0.1, 0.15) is 16.8 Å². The number of nitrogens with zero attached hydrogens (tertiary/aromatic N) is 4. The number of likely N-dealkylation sites (N-methyl/N-ethyl adjacent to an activating group) is 1. The number of nitrogens with two attached hydrogens (primary N) is 1. The Bertz CT molecular complexity index is 546. The normalized spacial score (nSPS) is 18.6. The van der Waals surface area contributed by atoms with E-state index in [2.05, 4.69) is 9.88 Å². The van der Waals surface area contributed by atoms with Crippen LogP contribution in [0.15, 0.2) is 12.3 Å². The first-order valence-electron chi connectivity index (χ1n) is 6.25. The first-order chi connectivity index (χ1) is 9.40. The number of amides is 1. The number of nitrogen functional groups attached to an aromatic ring is 1. The molecule has 2 rings (SSSR count). The molecule has 1 fully saturated rings. The maximum Gasteiger partial charge on any atom is 0.288 e. The maximum atomic E-state index is 12.4. The lowest BCUT2D eigenvalue weighted by Crippen LogP contribution is -2.34. The van der Waals surface area contributed by atoms with Crippen LogP contribution in [0, 0.1) is 10.1 Å². The van der Waals surface area contributed by atoms with Gasteiger partial charge < -0.3 is 15.5 Å². The lowest BCUT2D eigenvalue weighted by Gasteiger charge is -2.20. The molecule has 1 aromatic rings. The van der Waals surface area contributed by atoms with Crippen LogP contribution < -0.4 is 5.73 Å². The molecule has 0 saturated carbocycles.